The predicted molar refractivity (Wildman–Crippen MR) is 53.0 cm³/mol. The van der Waals surface area contributed by atoms with E-state index in [1.807, 2.05) is 4.72 Å². The number of carbonyl (C=O) groups is 1. The van der Waals surface area contributed by atoms with E-state index in [-0.39, 0.29) is 13.1 Å². The molecule has 0 aromatic carbocycles. The molecule has 15 heavy (non-hydrogen) atoms. The average molecular weight is 238 g/mol. The Hall–Kier alpha value is -0.690. The lowest BCUT2D eigenvalue weighted by Gasteiger charge is -2.33. The lowest BCUT2D eigenvalue weighted by Crippen LogP contribution is -2.57. The molecule has 1 heterocycles. The molecular formula is C8H15FN2O3S. The molecule has 0 saturated carbocycles. The third kappa shape index (κ3) is 2.88. The van der Waals surface area contributed by atoms with Gasteiger partial charge in [0.25, 0.3) is 0 Å². The van der Waals surface area contributed by atoms with Crippen molar-refractivity contribution in [2.45, 2.75) is 26.9 Å². The van der Waals surface area contributed by atoms with Gasteiger partial charge < -0.3 is 0 Å². The Balaban J connectivity index is 2.62. The zero-order valence-corrected chi connectivity index (χ0v) is 9.77. The van der Waals surface area contributed by atoms with Gasteiger partial charge in [0.15, 0.2) is 0 Å². The van der Waals surface area contributed by atoms with Gasteiger partial charge in [-0.05, 0) is 0 Å². The van der Waals surface area contributed by atoms with Crippen molar-refractivity contribution in [2.24, 2.45) is 5.41 Å². The number of alkyl halides is 1. The van der Waals surface area contributed by atoms with Crippen LogP contribution in [0.2, 0.25) is 0 Å². The topological polar surface area (TPSA) is 66.5 Å². The van der Waals surface area contributed by atoms with Gasteiger partial charge >= 0.3 is 10.2 Å². The van der Waals surface area contributed by atoms with Crippen LogP contribution >= 0.6 is 0 Å². The van der Waals surface area contributed by atoms with Gasteiger partial charge in [-0.25, -0.2) is 9.11 Å². The molecule has 5 nitrogen and oxygen atoms in total. The molecule has 0 unspecified atom stereocenters. The van der Waals surface area contributed by atoms with Crippen LogP contribution in [0.5, 0.6) is 0 Å². The first-order valence-electron chi connectivity index (χ1n) is 4.59. The molecule has 1 amide bonds. The van der Waals surface area contributed by atoms with Crippen molar-refractivity contribution in [3.8, 4) is 0 Å². The summed E-state index contributed by atoms with van der Waals surface area (Å²) >= 11 is 0. The lowest BCUT2D eigenvalue weighted by molar-refractivity contribution is -0.126. The molecule has 0 atom stereocenters. The van der Waals surface area contributed by atoms with E-state index in [0.717, 1.165) is 4.31 Å². The van der Waals surface area contributed by atoms with Gasteiger partial charge in [0, 0.05) is 18.5 Å². The summed E-state index contributed by atoms with van der Waals surface area (Å²) < 4.78 is 38.2. The molecule has 0 aromatic heterocycles. The average Bonchev–Trinajstić information content (AvgIpc) is 1.95. The maximum absolute atomic E-state index is 12.5. The van der Waals surface area contributed by atoms with Crippen LogP contribution in [-0.4, -0.2) is 37.9 Å². The largest absolute Gasteiger partial charge is 0.304 e. The molecule has 1 fully saturated rings. The Kier molecular flexibility index (Phi) is 3.06. The molecule has 0 aliphatic carbocycles. The zero-order valence-electron chi connectivity index (χ0n) is 8.95. The van der Waals surface area contributed by atoms with Crippen molar-refractivity contribution in [1.29, 1.82) is 0 Å². The van der Waals surface area contributed by atoms with Gasteiger partial charge in [-0.2, -0.15) is 12.7 Å². The smallest absolute Gasteiger partial charge is 0.273 e. The van der Waals surface area contributed by atoms with E-state index in [1.165, 1.54) is 0 Å². The molecule has 0 aromatic rings. The summed E-state index contributed by atoms with van der Waals surface area (Å²) in [5, 5.41) is 0. The number of amides is 1. The van der Waals surface area contributed by atoms with E-state index >= 15 is 0 Å². The van der Waals surface area contributed by atoms with Crippen molar-refractivity contribution < 1.29 is 17.6 Å². The number of carbonyl (C=O) groups excluding carboxylic acids is 1. The van der Waals surface area contributed by atoms with Gasteiger partial charge in [-0.3, -0.25) is 4.79 Å². The van der Waals surface area contributed by atoms with Crippen molar-refractivity contribution in [1.82, 2.24) is 9.03 Å². The number of halogens is 1. The number of hydrogen-bond donors (Lipinski definition) is 1. The summed E-state index contributed by atoms with van der Waals surface area (Å²) in [5.74, 6) is -0.593. The molecule has 1 rings (SSSR count). The second kappa shape index (κ2) is 3.71. The number of hydrogen-bond acceptors (Lipinski definition) is 3. The minimum absolute atomic E-state index is 0.174. The van der Waals surface area contributed by atoms with Crippen molar-refractivity contribution >= 4 is 16.1 Å². The van der Waals surface area contributed by atoms with Crippen LogP contribution in [0, 0.1) is 5.41 Å². The molecular weight excluding hydrogens is 223 g/mol. The third-order valence-electron chi connectivity index (χ3n) is 2.05. The first-order chi connectivity index (χ1) is 6.63. The van der Waals surface area contributed by atoms with Gasteiger partial charge in [0.1, 0.15) is 6.17 Å². The first-order valence-corrected chi connectivity index (χ1v) is 6.03. The van der Waals surface area contributed by atoms with Crippen LogP contribution in [0.3, 0.4) is 0 Å². The highest BCUT2D eigenvalue weighted by atomic mass is 32.2. The number of nitrogens with zero attached hydrogens (tertiary/aromatic N) is 1. The Morgan fingerprint density at radius 2 is 1.87 bits per heavy atom. The van der Waals surface area contributed by atoms with E-state index in [2.05, 4.69) is 0 Å². The fourth-order valence-electron chi connectivity index (χ4n) is 0.919. The Morgan fingerprint density at radius 3 is 2.20 bits per heavy atom. The summed E-state index contributed by atoms with van der Waals surface area (Å²) in [6.07, 6.45) is -1.12. The van der Waals surface area contributed by atoms with Crippen LogP contribution < -0.4 is 4.72 Å². The Morgan fingerprint density at radius 1 is 1.40 bits per heavy atom. The first kappa shape index (κ1) is 12.4. The fourth-order valence-corrected chi connectivity index (χ4v) is 2.31. The summed E-state index contributed by atoms with van der Waals surface area (Å²) in [5.41, 5.74) is -0.785. The molecule has 88 valence electrons. The third-order valence-corrected chi connectivity index (χ3v) is 3.47. The molecule has 0 spiro atoms. The lowest BCUT2D eigenvalue weighted by atomic mass is 9.96. The summed E-state index contributed by atoms with van der Waals surface area (Å²) in [4.78, 5) is 11.4. The van der Waals surface area contributed by atoms with Crippen LogP contribution in [0.4, 0.5) is 4.39 Å². The molecule has 1 aliphatic rings. The van der Waals surface area contributed by atoms with Crippen LogP contribution in [-0.2, 0) is 15.0 Å². The van der Waals surface area contributed by atoms with Crippen LogP contribution in [0.25, 0.3) is 0 Å². The predicted octanol–water partition coefficient (Wildman–Crippen LogP) is 0.0472. The minimum atomic E-state index is -3.85. The van der Waals surface area contributed by atoms with Gasteiger partial charge in [0.05, 0.1) is 0 Å². The Labute approximate surface area is 88.8 Å². The maximum Gasteiger partial charge on any atom is 0.304 e. The molecule has 1 N–H and O–H groups in total. The summed E-state index contributed by atoms with van der Waals surface area (Å²) in [6.45, 7) is 4.46. The SMILES string of the molecule is CC(C)(C)C(=O)NS(=O)(=O)N1CC(F)C1. The molecule has 1 saturated heterocycles. The van der Waals surface area contributed by atoms with E-state index in [0.29, 0.717) is 0 Å². The highest BCUT2D eigenvalue weighted by Gasteiger charge is 2.38. The number of nitrogens with one attached hydrogen (secondary N) is 1. The molecule has 0 bridgehead atoms. The maximum atomic E-state index is 12.5. The van der Waals surface area contributed by atoms with Crippen molar-refractivity contribution in [3.63, 3.8) is 0 Å². The van der Waals surface area contributed by atoms with E-state index in [9.17, 15) is 17.6 Å². The second-order valence-corrected chi connectivity index (χ2v) is 6.27. The summed E-state index contributed by atoms with van der Waals surface area (Å²) in [6, 6.07) is 0. The highest BCUT2D eigenvalue weighted by molar-refractivity contribution is 7.87. The molecule has 7 heteroatoms. The van der Waals surface area contributed by atoms with Gasteiger partial charge in [0.2, 0.25) is 5.91 Å². The molecule has 1 aliphatic heterocycles. The van der Waals surface area contributed by atoms with Crippen LogP contribution in [0.1, 0.15) is 20.8 Å². The van der Waals surface area contributed by atoms with E-state index in [1.54, 1.807) is 20.8 Å². The monoisotopic (exact) mass is 238 g/mol. The second-order valence-electron chi connectivity index (χ2n) is 4.60. The molecule has 0 radical (unpaired) electrons. The fraction of sp³-hybridized carbons (Fsp3) is 0.875. The van der Waals surface area contributed by atoms with Crippen LogP contribution in [0.15, 0.2) is 0 Å². The minimum Gasteiger partial charge on any atom is -0.273 e. The van der Waals surface area contributed by atoms with Gasteiger partial charge in [-0.1, -0.05) is 20.8 Å². The normalized spacial score (nSPS) is 19.7. The quantitative estimate of drug-likeness (QED) is 0.739. The van der Waals surface area contributed by atoms with Crippen molar-refractivity contribution in [3.05, 3.63) is 0 Å². The van der Waals surface area contributed by atoms with Crippen molar-refractivity contribution in [2.75, 3.05) is 13.1 Å². The zero-order chi connectivity index (χ0) is 11.9. The summed E-state index contributed by atoms with van der Waals surface area (Å²) in [7, 11) is -3.85. The highest BCUT2D eigenvalue weighted by Crippen LogP contribution is 2.17. The standard InChI is InChI=1S/C8H15FN2O3S/c1-8(2,3)7(12)10-15(13,14)11-4-6(9)5-11/h6H,4-5H2,1-3H3,(H,10,12). The van der Waals surface area contributed by atoms with Gasteiger partial charge in [-0.15, -0.1) is 0 Å². The van der Waals surface area contributed by atoms with E-state index < -0.39 is 27.7 Å². The number of rotatable bonds is 2. The van der Waals surface area contributed by atoms with E-state index in [4.69, 9.17) is 0 Å². The Bertz CT molecular complexity index is 355.